The molecule has 0 aliphatic heterocycles. The molecule has 65 heavy (non-hydrogen) atoms. The van der Waals surface area contributed by atoms with Gasteiger partial charge in [-0.25, -0.2) is 87.8 Å². The van der Waals surface area contributed by atoms with E-state index in [1.54, 1.807) is 12.1 Å². The molecule has 0 bridgehead atoms. The molecule has 0 fully saturated rings. The van der Waals surface area contributed by atoms with Crippen LogP contribution in [-0.4, -0.2) is 17.0 Å². The molecule has 6 aromatic carbocycles. The zero-order chi connectivity index (χ0) is 48.3. The van der Waals surface area contributed by atoms with Crippen molar-refractivity contribution in [2.75, 3.05) is 0 Å². The van der Waals surface area contributed by atoms with Crippen LogP contribution in [0.25, 0.3) is 10.9 Å². The molecule has 0 saturated heterocycles. The lowest BCUT2D eigenvalue weighted by Gasteiger charge is -2.44. The Balaban J connectivity index is 0.000000289. The van der Waals surface area contributed by atoms with E-state index in [-0.39, 0.29) is 18.1 Å². The smallest absolute Gasteiger partial charge is 0.227 e. The number of nitrogens with zero attached hydrogens (tertiary/aromatic N) is 1. The van der Waals surface area contributed by atoms with Crippen LogP contribution in [0, 0.1) is 116 Å². The first kappa shape index (κ1) is 47.3. The van der Waals surface area contributed by atoms with Gasteiger partial charge in [0.2, 0.25) is 17.8 Å². The molecule has 0 aliphatic rings. The van der Waals surface area contributed by atoms with Crippen LogP contribution in [0.5, 0.6) is 5.75 Å². The van der Waals surface area contributed by atoms with Crippen molar-refractivity contribution in [3.8, 4) is 5.75 Å². The molecule has 338 valence electrons. The monoisotopic (exact) mass is 943 g/mol. The number of carbonyl (C=O) groups is 1. The van der Waals surface area contributed by atoms with Gasteiger partial charge in [0.15, 0.2) is 76.0 Å². The maximum Gasteiger partial charge on any atom is 0.227 e. The van der Waals surface area contributed by atoms with Gasteiger partial charge in [-0.15, -0.1) is 21.9 Å². The second-order valence-corrected chi connectivity index (χ2v) is 13.5. The molecular weight excluding hydrogens is 929 g/mol. The van der Waals surface area contributed by atoms with Crippen molar-refractivity contribution in [2.45, 2.75) is 6.54 Å². The van der Waals surface area contributed by atoms with E-state index >= 15 is 35.1 Å². The number of halogens is 20. The van der Waals surface area contributed by atoms with Gasteiger partial charge in [-0.1, -0.05) is 30.3 Å². The normalized spacial score (nSPS) is 11.6. The third-order valence-corrected chi connectivity index (χ3v) is 9.98. The molecule has 0 spiro atoms. The second-order valence-electron chi connectivity index (χ2n) is 13.5. The number of pyridine rings is 1. The summed E-state index contributed by atoms with van der Waals surface area (Å²) >= 11 is 0. The Hall–Kier alpha value is -7.14. The Bertz CT molecular complexity index is 2730. The number of benzene rings is 6. The number of phenols is 1. The van der Waals surface area contributed by atoms with E-state index in [1.807, 2.05) is 59.3 Å². The van der Waals surface area contributed by atoms with Gasteiger partial charge >= 0.3 is 0 Å². The molecule has 1 heterocycles. The van der Waals surface area contributed by atoms with E-state index < -0.39 is 144 Å². The minimum atomic E-state index is -7.22. The predicted octanol–water partition coefficient (Wildman–Crippen LogP) is 8.56. The molecule has 7 aromatic rings. The molecular formula is C41H14BF20NO2. The standard InChI is InChI=1S/C24BF20.C17H13NO2/c26-5-1(6(27)14(35)21(42)13(5)34)25(2-7(28)15(36)22(43)16(37)8(2)29,3-9(30)17(38)23(44)18(39)10(3)31)4-11(32)19(40)24(45)20(41)12(4)33;19-15-8-9-16-14(11-15)7-4-10-18(16)12-17(20)13-5-2-1-3-6-13/h;1-11H,12H2/q-1;/p+1. The molecule has 0 unspecified atom stereocenters. The second kappa shape index (κ2) is 17.4. The van der Waals surface area contributed by atoms with Gasteiger partial charge in [0.05, 0.1) is 5.39 Å². The highest BCUT2D eigenvalue weighted by atomic mass is 19.2. The topological polar surface area (TPSA) is 41.2 Å². The average Bonchev–Trinajstić information content (AvgIpc) is 3.29. The fraction of sp³-hybridized carbons (Fsp3) is 0.0244. The summed E-state index contributed by atoms with van der Waals surface area (Å²) in [6, 6.07) is 18.2. The number of phenolic OH excluding ortho intramolecular Hbond substituents is 1. The van der Waals surface area contributed by atoms with Crippen LogP contribution >= 0.6 is 0 Å². The lowest BCUT2D eigenvalue weighted by Crippen LogP contribution is -2.81. The van der Waals surface area contributed by atoms with Crippen LogP contribution in [0.1, 0.15) is 10.4 Å². The molecule has 1 aromatic heterocycles. The van der Waals surface area contributed by atoms with Gasteiger partial charge in [-0.3, -0.25) is 4.79 Å². The summed E-state index contributed by atoms with van der Waals surface area (Å²) in [6.07, 6.45) is -5.34. The van der Waals surface area contributed by atoms with Gasteiger partial charge in [0.1, 0.15) is 58.4 Å². The van der Waals surface area contributed by atoms with Crippen LogP contribution in [0.3, 0.4) is 0 Å². The lowest BCUT2D eigenvalue weighted by atomic mass is 9.12. The maximum absolute atomic E-state index is 15.4. The zero-order valence-corrected chi connectivity index (χ0v) is 31.0. The SMILES string of the molecule is Fc1c(F)c(F)c([B-](c2c(F)c(F)c(F)c(F)c2F)(c2c(F)c(F)c(F)c(F)c2F)c2c(F)c(F)c(F)c(F)c2F)c(F)c1F.O=C(C[n+]1cccc2cc(O)ccc21)c1ccccc1. The van der Waals surface area contributed by atoms with Gasteiger partial charge in [0.25, 0.3) is 0 Å². The van der Waals surface area contributed by atoms with Gasteiger partial charge in [-0.05, 0) is 18.2 Å². The van der Waals surface area contributed by atoms with E-state index in [9.17, 15) is 62.6 Å². The minimum absolute atomic E-state index is 0.0659. The van der Waals surface area contributed by atoms with E-state index in [0.29, 0.717) is 5.56 Å². The molecule has 1 N–H and O–H groups in total. The van der Waals surface area contributed by atoms with Crippen LogP contribution < -0.4 is 26.4 Å². The zero-order valence-electron chi connectivity index (χ0n) is 31.0. The van der Waals surface area contributed by atoms with Crippen molar-refractivity contribution in [1.82, 2.24) is 0 Å². The number of Topliss-reactive ketones (excluding diaryl/α,β-unsaturated/α-hetero) is 1. The van der Waals surface area contributed by atoms with Crippen LogP contribution in [0.15, 0.2) is 66.9 Å². The molecule has 0 saturated carbocycles. The Morgan fingerprint density at radius 3 is 1.03 bits per heavy atom. The number of aromatic nitrogens is 1. The Labute approximate surface area is 347 Å². The van der Waals surface area contributed by atoms with Gasteiger partial charge in [0, 0.05) is 17.7 Å². The third-order valence-electron chi connectivity index (χ3n) is 9.98. The Kier molecular flexibility index (Phi) is 12.7. The van der Waals surface area contributed by atoms with E-state index in [4.69, 9.17) is 0 Å². The number of hydrogen-bond donors (Lipinski definition) is 1. The molecule has 0 atom stereocenters. The predicted molar refractivity (Wildman–Crippen MR) is 186 cm³/mol. The average molecular weight is 943 g/mol. The third kappa shape index (κ3) is 7.42. The molecule has 3 nitrogen and oxygen atoms in total. The highest BCUT2D eigenvalue weighted by molar-refractivity contribution is 7.20. The van der Waals surface area contributed by atoms with E-state index in [1.165, 1.54) is 0 Å². The van der Waals surface area contributed by atoms with Gasteiger partial charge in [-0.2, -0.15) is 4.57 Å². The van der Waals surface area contributed by atoms with Crippen molar-refractivity contribution < 1.29 is 102 Å². The molecule has 24 heteroatoms. The fourth-order valence-electron chi connectivity index (χ4n) is 7.15. The number of hydrogen-bond acceptors (Lipinski definition) is 2. The van der Waals surface area contributed by atoms with Crippen molar-refractivity contribution in [3.63, 3.8) is 0 Å². The fourth-order valence-corrected chi connectivity index (χ4v) is 7.15. The Morgan fingerprint density at radius 2 is 0.708 bits per heavy atom. The summed E-state index contributed by atoms with van der Waals surface area (Å²) < 4.78 is 296. The number of aromatic hydroxyl groups is 1. The highest BCUT2D eigenvalue weighted by Gasteiger charge is 2.52. The molecule has 0 amide bonds. The van der Waals surface area contributed by atoms with E-state index in [2.05, 4.69) is 0 Å². The number of ketones is 1. The van der Waals surface area contributed by atoms with Crippen LogP contribution in [0.4, 0.5) is 87.8 Å². The first-order valence-corrected chi connectivity index (χ1v) is 17.4. The minimum Gasteiger partial charge on any atom is -0.508 e. The van der Waals surface area contributed by atoms with Crippen LogP contribution in [-0.2, 0) is 6.54 Å². The van der Waals surface area contributed by atoms with Crippen molar-refractivity contribution in [3.05, 3.63) is 189 Å². The highest BCUT2D eigenvalue weighted by Crippen LogP contribution is 2.31. The quantitative estimate of drug-likeness (QED) is 0.0435. The summed E-state index contributed by atoms with van der Waals surface area (Å²) in [7, 11) is 0. The first-order chi connectivity index (χ1) is 30.4. The molecule has 0 radical (unpaired) electrons. The summed E-state index contributed by atoms with van der Waals surface area (Å²) in [5.41, 5.74) is -12.7. The Morgan fingerprint density at radius 1 is 0.400 bits per heavy atom. The van der Waals surface area contributed by atoms with Gasteiger partial charge < -0.3 is 5.11 Å². The van der Waals surface area contributed by atoms with Crippen molar-refractivity contribution in [2.24, 2.45) is 0 Å². The summed E-state index contributed by atoms with van der Waals surface area (Å²) in [5, 5.41) is 10.4. The number of fused-ring (bicyclic) bond motifs is 1. The maximum atomic E-state index is 15.4. The number of rotatable bonds is 7. The van der Waals surface area contributed by atoms with Crippen molar-refractivity contribution >= 4 is 44.7 Å². The molecule has 7 rings (SSSR count). The summed E-state index contributed by atoms with van der Waals surface area (Å²) in [6.45, 7) is 0.284. The summed E-state index contributed by atoms with van der Waals surface area (Å²) in [5.74, 6) is -71.1. The largest absolute Gasteiger partial charge is 0.508 e. The first-order valence-electron chi connectivity index (χ1n) is 17.4. The van der Waals surface area contributed by atoms with Crippen LogP contribution in [0.2, 0.25) is 0 Å². The molecule has 0 aliphatic carbocycles. The lowest BCUT2D eigenvalue weighted by molar-refractivity contribution is -0.657. The number of carbonyl (C=O) groups excluding carboxylic acids is 1. The van der Waals surface area contributed by atoms with Crippen molar-refractivity contribution in [1.29, 1.82) is 0 Å². The summed E-state index contributed by atoms with van der Waals surface area (Å²) in [4.78, 5) is 12.3. The van der Waals surface area contributed by atoms with E-state index in [0.717, 1.165) is 10.9 Å².